The highest BCUT2D eigenvalue weighted by Gasteiger charge is 2.24. The van der Waals surface area contributed by atoms with Crippen molar-refractivity contribution < 1.29 is 28.7 Å². The van der Waals surface area contributed by atoms with E-state index in [4.69, 9.17) is 9.47 Å². The zero-order valence-electron chi connectivity index (χ0n) is 23.9. The van der Waals surface area contributed by atoms with Crippen LogP contribution >= 0.6 is 21.6 Å². The van der Waals surface area contributed by atoms with Gasteiger partial charge in [0.25, 0.3) is 0 Å². The van der Waals surface area contributed by atoms with Gasteiger partial charge in [0, 0.05) is 24.3 Å². The van der Waals surface area contributed by atoms with Crippen LogP contribution < -0.4 is 16.0 Å². The topological polar surface area (TPSA) is 123 Å². The van der Waals surface area contributed by atoms with Gasteiger partial charge in [-0.25, -0.2) is 9.59 Å². The number of nitrogens with one attached hydrogen (secondary N) is 3. The minimum atomic E-state index is -0.773. The summed E-state index contributed by atoms with van der Waals surface area (Å²) in [4.78, 5) is 48.9. The van der Waals surface area contributed by atoms with Crippen molar-refractivity contribution in [3.05, 3.63) is 0 Å². The molecule has 0 spiro atoms. The Morgan fingerprint density at radius 1 is 0.632 bits per heavy atom. The summed E-state index contributed by atoms with van der Waals surface area (Å²) in [6.45, 7) is 3.20. The maximum Gasteiger partial charge on any atom is 0.329 e. The number of hydrogen-bond acceptors (Lipinski definition) is 9. The van der Waals surface area contributed by atoms with Crippen molar-refractivity contribution in [3.8, 4) is 0 Å². The summed E-state index contributed by atoms with van der Waals surface area (Å²) in [5.74, 6) is -0.777. The molecule has 0 heterocycles. The summed E-state index contributed by atoms with van der Waals surface area (Å²) in [6, 6.07) is -1.54. The highest BCUT2D eigenvalue weighted by atomic mass is 33.1. The van der Waals surface area contributed by atoms with Crippen LogP contribution in [0.1, 0.15) is 96.8 Å². The highest BCUT2D eigenvalue weighted by Crippen LogP contribution is 2.24. The van der Waals surface area contributed by atoms with Crippen LogP contribution in [0.25, 0.3) is 0 Å². The van der Waals surface area contributed by atoms with Crippen molar-refractivity contribution in [3.63, 3.8) is 0 Å². The Morgan fingerprint density at radius 2 is 1.03 bits per heavy atom. The Balaban J connectivity index is 4.37. The molecule has 9 nitrogen and oxygen atoms in total. The Bertz CT molecular complexity index is 654. The molecule has 0 saturated carbocycles. The molecule has 222 valence electrons. The van der Waals surface area contributed by atoms with Crippen molar-refractivity contribution in [2.75, 3.05) is 39.3 Å². The van der Waals surface area contributed by atoms with Gasteiger partial charge in [-0.2, -0.15) is 0 Å². The monoisotopic (exact) mass is 577 g/mol. The predicted molar refractivity (Wildman–Crippen MR) is 157 cm³/mol. The second-order valence-electron chi connectivity index (χ2n) is 9.35. The van der Waals surface area contributed by atoms with Crippen LogP contribution in [0.3, 0.4) is 0 Å². The van der Waals surface area contributed by atoms with E-state index >= 15 is 0 Å². The number of carbonyl (C=O) groups is 4. The standard InChI is InChI=1S/C27H51N3O6S2/c1-5-6-7-8-11-14-17-24(31)29-22(26(33)35-3)20-37-38-21-23(27(34)36-4)30-25(32)18-15-12-9-10-13-16-19-28-2/h22-23,28H,5-21H2,1-4H3,(H,29,31)(H,30,32). The molecule has 38 heavy (non-hydrogen) atoms. The summed E-state index contributed by atoms with van der Waals surface area (Å²) < 4.78 is 9.68. The van der Waals surface area contributed by atoms with Crippen LogP contribution in [0.15, 0.2) is 0 Å². The lowest BCUT2D eigenvalue weighted by molar-refractivity contribution is -0.144. The molecule has 0 aliphatic rings. The lowest BCUT2D eigenvalue weighted by Gasteiger charge is -2.18. The van der Waals surface area contributed by atoms with Crippen LogP contribution in [0.2, 0.25) is 0 Å². The average molecular weight is 578 g/mol. The van der Waals surface area contributed by atoms with Crippen molar-refractivity contribution in [2.45, 2.75) is 109 Å². The molecule has 0 rings (SSSR count). The summed E-state index contributed by atoms with van der Waals surface area (Å²) in [5, 5.41) is 8.66. The molecular weight excluding hydrogens is 526 g/mol. The number of rotatable bonds is 25. The molecule has 0 aliphatic heterocycles. The molecule has 11 heteroatoms. The molecule has 2 atom stereocenters. The summed E-state index contributed by atoms with van der Waals surface area (Å²) >= 11 is 0. The second-order valence-corrected chi connectivity index (χ2v) is 11.9. The number of methoxy groups -OCH3 is 2. The summed E-state index contributed by atoms with van der Waals surface area (Å²) in [6.07, 6.45) is 13.6. The molecule has 0 bridgehead atoms. The molecule has 0 aliphatic carbocycles. The molecule has 0 fully saturated rings. The number of hydrogen-bond donors (Lipinski definition) is 3. The molecule has 0 aromatic rings. The highest BCUT2D eigenvalue weighted by molar-refractivity contribution is 8.76. The van der Waals surface area contributed by atoms with E-state index in [1.54, 1.807) is 0 Å². The third-order valence-corrected chi connectivity index (χ3v) is 8.45. The quantitative estimate of drug-likeness (QED) is 0.0824. The van der Waals surface area contributed by atoms with Crippen LogP contribution in [0.4, 0.5) is 0 Å². The first-order chi connectivity index (χ1) is 18.4. The van der Waals surface area contributed by atoms with Crippen molar-refractivity contribution >= 4 is 45.3 Å². The Hall–Kier alpha value is -1.46. The van der Waals surface area contributed by atoms with Gasteiger partial charge in [-0.1, -0.05) is 86.3 Å². The van der Waals surface area contributed by atoms with E-state index in [-0.39, 0.29) is 23.3 Å². The first-order valence-corrected chi connectivity index (χ1v) is 16.5. The van der Waals surface area contributed by atoms with Crippen molar-refractivity contribution in [1.29, 1.82) is 0 Å². The van der Waals surface area contributed by atoms with Gasteiger partial charge in [-0.15, -0.1) is 0 Å². The zero-order chi connectivity index (χ0) is 28.4. The van der Waals surface area contributed by atoms with E-state index in [1.807, 2.05) is 7.05 Å². The van der Waals surface area contributed by atoms with E-state index in [1.165, 1.54) is 67.9 Å². The van der Waals surface area contributed by atoms with Gasteiger partial charge in [-0.3, -0.25) is 9.59 Å². The second kappa shape index (κ2) is 25.8. The van der Waals surface area contributed by atoms with Crippen LogP contribution in [-0.4, -0.2) is 75.2 Å². The van der Waals surface area contributed by atoms with E-state index in [2.05, 4.69) is 22.9 Å². The lowest BCUT2D eigenvalue weighted by Crippen LogP contribution is -2.44. The average Bonchev–Trinajstić information content (AvgIpc) is 2.92. The van der Waals surface area contributed by atoms with Crippen LogP contribution in [0.5, 0.6) is 0 Å². The molecular formula is C27H51N3O6S2. The zero-order valence-corrected chi connectivity index (χ0v) is 25.6. The maximum atomic E-state index is 12.3. The van der Waals surface area contributed by atoms with Crippen LogP contribution in [-0.2, 0) is 28.7 Å². The fraction of sp³-hybridized carbons (Fsp3) is 0.852. The fourth-order valence-electron chi connectivity index (χ4n) is 3.75. The Kier molecular flexibility index (Phi) is 24.8. The molecule has 2 amide bonds. The molecule has 0 radical (unpaired) electrons. The molecule has 2 unspecified atom stereocenters. The fourth-order valence-corrected chi connectivity index (χ4v) is 6.04. The van der Waals surface area contributed by atoms with Gasteiger partial charge in [0.05, 0.1) is 14.2 Å². The van der Waals surface area contributed by atoms with Crippen LogP contribution in [0, 0.1) is 0 Å². The SMILES string of the molecule is CCCCCCCCC(=O)NC(CSSCC(NC(=O)CCCCCCCCNC)C(=O)OC)C(=O)OC. The maximum absolute atomic E-state index is 12.3. The summed E-state index contributed by atoms with van der Waals surface area (Å²) in [7, 11) is 7.21. The Morgan fingerprint density at radius 3 is 1.42 bits per heavy atom. The van der Waals surface area contributed by atoms with Gasteiger partial charge in [0.2, 0.25) is 11.8 Å². The van der Waals surface area contributed by atoms with Gasteiger partial charge in [-0.05, 0) is 32.9 Å². The minimum absolute atomic E-state index is 0.167. The van der Waals surface area contributed by atoms with E-state index in [9.17, 15) is 19.2 Å². The molecule has 3 N–H and O–H groups in total. The number of amides is 2. The third-order valence-electron chi connectivity index (χ3n) is 6.03. The normalized spacial score (nSPS) is 12.4. The van der Waals surface area contributed by atoms with Crippen molar-refractivity contribution in [1.82, 2.24) is 16.0 Å². The molecule has 0 aromatic heterocycles. The minimum Gasteiger partial charge on any atom is -0.467 e. The number of esters is 2. The predicted octanol–water partition coefficient (Wildman–Crippen LogP) is 4.38. The van der Waals surface area contributed by atoms with E-state index in [0.29, 0.717) is 12.8 Å². The number of ether oxygens (including phenoxy) is 2. The van der Waals surface area contributed by atoms with Gasteiger partial charge in [0.15, 0.2) is 0 Å². The molecule has 0 aromatic carbocycles. The van der Waals surface area contributed by atoms with E-state index < -0.39 is 24.0 Å². The first-order valence-electron chi connectivity index (χ1n) is 14.0. The van der Waals surface area contributed by atoms with Gasteiger partial charge < -0.3 is 25.4 Å². The van der Waals surface area contributed by atoms with Gasteiger partial charge in [0.1, 0.15) is 12.1 Å². The summed E-state index contributed by atoms with van der Waals surface area (Å²) in [5.41, 5.74) is 0. The first kappa shape index (κ1) is 36.5. The molecule has 0 saturated heterocycles. The number of unbranched alkanes of at least 4 members (excludes halogenated alkanes) is 10. The number of carbonyl (C=O) groups excluding carboxylic acids is 4. The third kappa shape index (κ3) is 20.5. The Labute approximate surface area is 237 Å². The van der Waals surface area contributed by atoms with Gasteiger partial charge >= 0.3 is 11.9 Å². The lowest BCUT2D eigenvalue weighted by atomic mass is 10.1. The van der Waals surface area contributed by atoms with E-state index in [0.717, 1.165) is 51.5 Å². The smallest absolute Gasteiger partial charge is 0.329 e. The van der Waals surface area contributed by atoms with Crippen molar-refractivity contribution in [2.24, 2.45) is 0 Å². The largest absolute Gasteiger partial charge is 0.467 e.